The fraction of sp³-hybridized carbons (Fsp3) is 0.100. The highest BCUT2D eigenvalue weighted by Crippen LogP contribution is 2.20. The SMILES string of the molecule is NCc1nncc(-c2cccc(O)c2)n1. The van der Waals surface area contributed by atoms with Gasteiger partial charge in [0.15, 0.2) is 5.82 Å². The van der Waals surface area contributed by atoms with E-state index in [0.29, 0.717) is 11.5 Å². The molecular formula is C10H10N4O. The number of hydrogen-bond acceptors (Lipinski definition) is 5. The van der Waals surface area contributed by atoms with Crippen molar-refractivity contribution >= 4 is 0 Å². The molecule has 3 N–H and O–H groups in total. The molecule has 1 aromatic carbocycles. The van der Waals surface area contributed by atoms with Gasteiger partial charge in [-0.25, -0.2) is 4.98 Å². The second kappa shape index (κ2) is 4.02. The first-order valence-corrected chi connectivity index (χ1v) is 4.47. The molecule has 0 saturated heterocycles. The van der Waals surface area contributed by atoms with Crippen molar-refractivity contribution in [1.29, 1.82) is 0 Å². The van der Waals surface area contributed by atoms with Crippen molar-refractivity contribution in [2.45, 2.75) is 6.54 Å². The van der Waals surface area contributed by atoms with Gasteiger partial charge in [0.05, 0.1) is 18.4 Å². The summed E-state index contributed by atoms with van der Waals surface area (Å²) in [6.45, 7) is 0.250. The summed E-state index contributed by atoms with van der Waals surface area (Å²) >= 11 is 0. The monoisotopic (exact) mass is 202 g/mol. The Labute approximate surface area is 86.6 Å². The third-order valence-corrected chi connectivity index (χ3v) is 1.93. The summed E-state index contributed by atoms with van der Waals surface area (Å²) in [5.41, 5.74) is 6.86. The first kappa shape index (κ1) is 9.54. The topological polar surface area (TPSA) is 84.9 Å². The molecule has 5 nitrogen and oxygen atoms in total. The number of nitrogens with zero attached hydrogens (tertiary/aromatic N) is 3. The van der Waals surface area contributed by atoms with Crippen molar-refractivity contribution in [3.05, 3.63) is 36.3 Å². The van der Waals surface area contributed by atoms with Crippen LogP contribution in [0, 0.1) is 0 Å². The van der Waals surface area contributed by atoms with E-state index >= 15 is 0 Å². The molecule has 1 heterocycles. The lowest BCUT2D eigenvalue weighted by molar-refractivity contribution is 0.475. The number of aromatic nitrogens is 3. The van der Waals surface area contributed by atoms with E-state index in [4.69, 9.17) is 5.73 Å². The van der Waals surface area contributed by atoms with Crippen molar-refractivity contribution in [2.24, 2.45) is 5.73 Å². The maximum Gasteiger partial charge on any atom is 0.165 e. The van der Waals surface area contributed by atoms with Crippen LogP contribution in [0.4, 0.5) is 0 Å². The van der Waals surface area contributed by atoms with Gasteiger partial charge in [0.25, 0.3) is 0 Å². The number of nitrogens with two attached hydrogens (primary N) is 1. The first-order valence-electron chi connectivity index (χ1n) is 4.47. The van der Waals surface area contributed by atoms with Crippen molar-refractivity contribution < 1.29 is 5.11 Å². The predicted molar refractivity (Wildman–Crippen MR) is 54.8 cm³/mol. The third-order valence-electron chi connectivity index (χ3n) is 1.93. The lowest BCUT2D eigenvalue weighted by atomic mass is 10.1. The fourth-order valence-corrected chi connectivity index (χ4v) is 1.23. The predicted octanol–water partition coefficient (Wildman–Crippen LogP) is 0.703. The Morgan fingerprint density at radius 2 is 2.20 bits per heavy atom. The van der Waals surface area contributed by atoms with E-state index < -0.39 is 0 Å². The summed E-state index contributed by atoms with van der Waals surface area (Å²) in [6.07, 6.45) is 1.54. The number of phenolic OH excluding ortho intramolecular Hbond substituents is 1. The Morgan fingerprint density at radius 3 is 2.93 bits per heavy atom. The smallest absolute Gasteiger partial charge is 0.165 e. The summed E-state index contributed by atoms with van der Waals surface area (Å²) in [5.74, 6) is 0.677. The molecule has 5 heteroatoms. The lowest BCUT2D eigenvalue weighted by Gasteiger charge is -2.01. The minimum atomic E-state index is 0.195. The molecule has 0 radical (unpaired) electrons. The van der Waals surface area contributed by atoms with Gasteiger partial charge in [0.1, 0.15) is 5.75 Å². The number of aromatic hydroxyl groups is 1. The molecule has 1 aromatic heterocycles. The molecule has 76 valence electrons. The highest BCUT2D eigenvalue weighted by Gasteiger charge is 2.02. The van der Waals surface area contributed by atoms with Crippen molar-refractivity contribution in [2.75, 3.05) is 0 Å². The van der Waals surface area contributed by atoms with Crippen molar-refractivity contribution in [3.8, 4) is 17.0 Å². The molecule has 0 aliphatic rings. The Morgan fingerprint density at radius 1 is 1.33 bits per heavy atom. The van der Waals surface area contributed by atoms with Gasteiger partial charge in [0.2, 0.25) is 0 Å². The molecule has 0 saturated carbocycles. The molecule has 0 bridgehead atoms. The Bertz CT molecular complexity index is 472. The molecule has 0 spiro atoms. The maximum absolute atomic E-state index is 9.31. The highest BCUT2D eigenvalue weighted by molar-refractivity contribution is 5.59. The molecule has 2 rings (SSSR count). The Balaban J connectivity index is 2.44. The van der Waals surface area contributed by atoms with Crippen molar-refractivity contribution in [3.63, 3.8) is 0 Å². The van der Waals surface area contributed by atoms with E-state index in [-0.39, 0.29) is 12.3 Å². The largest absolute Gasteiger partial charge is 0.508 e. The van der Waals surface area contributed by atoms with Crippen LogP contribution in [0.2, 0.25) is 0 Å². The summed E-state index contributed by atoms with van der Waals surface area (Å²) in [6, 6.07) is 6.80. The van der Waals surface area contributed by atoms with E-state index in [0.717, 1.165) is 5.56 Å². The van der Waals surface area contributed by atoms with Crippen LogP contribution in [0.1, 0.15) is 5.82 Å². The zero-order valence-corrected chi connectivity index (χ0v) is 7.96. The standard InChI is InChI=1S/C10H10N4O/c11-5-10-13-9(6-12-14-10)7-2-1-3-8(15)4-7/h1-4,6,15H,5,11H2. The van der Waals surface area contributed by atoms with Gasteiger partial charge in [-0.3, -0.25) is 0 Å². The Hall–Kier alpha value is -2.01. The van der Waals surface area contributed by atoms with Crippen LogP contribution in [-0.4, -0.2) is 20.3 Å². The minimum absolute atomic E-state index is 0.195. The normalized spacial score (nSPS) is 10.2. The van der Waals surface area contributed by atoms with Gasteiger partial charge in [0, 0.05) is 5.56 Å². The summed E-state index contributed by atoms with van der Waals surface area (Å²) in [7, 11) is 0. The summed E-state index contributed by atoms with van der Waals surface area (Å²) < 4.78 is 0. The highest BCUT2D eigenvalue weighted by atomic mass is 16.3. The van der Waals surface area contributed by atoms with Gasteiger partial charge in [-0.05, 0) is 12.1 Å². The van der Waals surface area contributed by atoms with Crippen LogP contribution in [0.15, 0.2) is 30.5 Å². The zero-order valence-electron chi connectivity index (χ0n) is 7.96. The third kappa shape index (κ3) is 2.08. The average Bonchev–Trinajstić information content (AvgIpc) is 2.29. The van der Waals surface area contributed by atoms with Gasteiger partial charge in [-0.1, -0.05) is 12.1 Å². The second-order valence-corrected chi connectivity index (χ2v) is 3.01. The van der Waals surface area contributed by atoms with E-state index in [1.165, 1.54) is 6.20 Å². The molecular weight excluding hydrogens is 192 g/mol. The maximum atomic E-state index is 9.31. The van der Waals surface area contributed by atoms with E-state index in [2.05, 4.69) is 15.2 Å². The van der Waals surface area contributed by atoms with Gasteiger partial charge >= 0.3 is 0 Å². The Kier molecular flexibility index (Phi) is 2.55. The van der Waals surface area contributed by atoms with Gasteiger partial charge < -0.3 is 10.8 Å². The van der Waals surface area contributed by atoms with Crippen LogP contribution < -0.4 is 5.73 Å². The summed E-state index contributed by atoms with van der Waals surface area (Å²) in [4.78, 5) is 4.19. The minimum Gasteiger partial charge on any atom is -0.508 e. The van der Waals surface area contributed by atoms with Crippen LogP contribution in [0.25, 0.3) is 11.3 Å². The zero-order chi connectivity index (χ0) is 10.7. The molecule has 0 amide bonds. The van der Waals surface area contributed by atoms with E-state index in [1.54, 1.807) is 18.2 Å². The van der Waals surface area contributed by atoms with Crippen LogP contribution in [0.3, 0.4) is 0 Å². The first-order chi connectivity index (χ1) is 7.29. The fourth-order valence-electron chi connectivity index (χ4n) is 1.23. The van der Waals surface area contributed by atoms with Crippen LogP contribution >= 0.6 is 0 Å². The average molecular weight is 202 g/mol. The van der Waals surface area contributed by atoms with Crippen LogP contribution in [0.5, 0.6) is 5.75 Å². The molecule has 0 fully saturated rings. The van der Waals surface area contributed by atoms with E-state index in [9.17, 15) is 5.11 Å². The number of hydrogen-bond donors (Lipinski definition) is 2. The number of benzene rings is 1. The molecule has 15 heavy (non-hydrogen) atoms. The molecule has 0 aliphatic carbocycles. The summed E-state index contributed by atoms with van der Waals surface area (Å²) in [5, 5.41) is 16.9. The second-order valence-electron chi connectivity index (χ2n) is 3.01. The van der Waals surface area contributed by atoms with Crippen LogP contribution in [-0.2, 0) is 6.54 Å². The lowest BCUT2D eigenvalue weighted by Crippen LogP contribution is -2.04. The number of phenols is 1. The molecule has 0 unspecified atom stereocenters. The van der Waals surface area contributed by atoms with Gasteiger partial charge in [-0.2, -0.15) is 5.10 Å². The molecule has 0 aliphatic heterocycles. The quantitative estimate of drug-likeness (QED) is 0.748. The van der Waals surface area contributed by atoms with E-state index in [1.807, 2.05) is 6.07 Å². The van der Waals surface area contributed by atoms with Gasteiger partial charge in [-0.15, -0.1) is 5.10 Å². The van der Waals surface area contributed by atoms with Crippen molar-refractivity contribution in [1.82, 2.24) is 15.2 Å². The molecule has 2 aromatic rings. The number of rotatable bonds is 2. The molecule has 0 atom stereocenters.